The summed E-state index contributed by atoms with van der Waals surface area (Å²) in [5, 5.41) is 1.85. The monoisotopic (exact) mass is 429 g/mol. The quantitative estimate of drug-likeness (QED) is 0.426. The Bertz CT molecular complexity index is 1230. The molecule has 1 aliphatic heterocycles. The molecule has 156 valence electrons. The Morgan fingerprint density at radius 2 is 1.94 bits per heavy atom. The molecule has 1 saturated heterocycles. The molecule has 1 amide bonds. The molecule has 0 bridgehead atoms. The number of aryl methyl sites for hydroxylation is 1. The van der Waals surface area contributed by atoms with Crippen LogP contribution in [0.4, 0.5) is 0 Å². The van der Waals surface area contributed by atoms with Crippen LogP contribution in [0.2, 0.25) is 5.02 Å². The number of rotatable bonds is 4. The molecule has 2 aromatic carbocycles. The number of hydrogen-bond donors (Lipinski definition) is 1. The zero-order valence-corrected chi connectivity index (χ0v) is 18.2. The summed E-state index contributed by atoms with van der Waals surface area (Å²) in [4.78, 5) is 23.3. The maximum atomic E-state index is 13.3. The van der Waals surface area contributed by atoms with Crippen LogP contribution in [0.5, 0.6) is 0 Å². The number of carbonyl (C=O) groups excluding carboxylic acids is 1. The van der Waals surface area contributed by atoms with Gasteiger partial charge >= 0.3 is 0 Å². The third-order valence-corrected chi connectivity index (χ3v) is 6.39. The van der Waals surface area contributed by atoms with Gasteiger partial charge in [-0.2, -0.15) is 0 Å². The molecular weight excluding hydrogens is 406 g/mol. The third kappa shape index (κ3) is 3.96. The number of nitrogens with one attached hydrogen (secondary N) is 1. The molecule has 1 N–H and O–H groups in total. The molecular formula is C26H24ClN3O. The van der Waals surface area contributed by atoms with E-state index in [0.29, 0.717) is 5.69 Å². The highest BCUT2D eigenvalue weighted by atomic mass is 35.5. The molecule has 3 heterocycles. The molecule has 5 heteroatoms. The number of nitrogens with zero attached hydrogens (tertiary/aromatic N) is 2. The van der Waals surface area contributed by atoms with Crippen LogP contribution in [0, 0.1) is 6.92 Å². The van der Waals surface area contributed by atoms with E-state index in [2.05, 4.69) is 30.1 Å². The van der Waals surface area contributed by atoms with E-state index in [9.17, 15) is 4.79 Å². The number of aromatic nitrogens is 2. The van der Waals surface area contributed by atoms with Crippen molar-refractivity contribution in [3.8, 4) is 0 Å². The second-order valence-corrected chi connectivity index (χ2v) is 8.71. The molecule has 0 spiro atoms. The van der Waals surface area contributed by atoms with Crippen molar-refractivity contribution < 1.29 is 4.79 Å². The molecule has 0 radical (unpaired) electrons. The van der Waals surface area contributed by atoms with Crippen molar-refractivity contribution in [3.63, 3.8) is 0 Å². The van der Waals surface area contributed by atoms with Crippen molar-refractivity contribution in [3.05, 3.63) is 100.0 Å². The molecule has 4 aromatic rings. The largest absolute Gasteiger partial charge is 0.351 e. The van der Waals surface area contributed by atoms with Crippen LogP contribution in [-0.2, 0) is 6.42 Å². The molecule has 4 nitrogen and oxygen atoms in total. The van der Waals surface area contributed by atoms with Gasteiger partial charge in [-0.15, -0.1) is 0 Å². The highest BCUT2D eigenvalue weighted by Gasteiger charge is 2.32. The summed E-state index contributed by atoms with van der Waals surface area (Å²) < 4.78 is 0. The lowest BCUT2D eigenvalue weighted by Crippen LogP contribution is -2.31. The summed E-state index contributed by atoms with van der Waals surface area (Å²) in [5.41, 5.74) is 6.12. The summed E-state index contributed by atoms with van der Waals surface area (Å²) in [6, 6.07) is 20.2. The van der Waals surface area contributed by atoms with Gasteiger partial charge in [0.25, 0.3) is 5.91 Å². The first-order chi connectivity index (χ1) is 15.1. The number of pyridine rings is 1. The Hall–Kier alpha value is -3.11. The zero-order chi connectivity index (χ0) is 21.4. The van der Waals surface area contributed by atoms with E-state index in [1.165, 1.54) is 11.1 Å². The van der Waals surface area contributed by atoms with Crippen molar-refractivity contribution in [2.45, 2.75) is 32.2 Å². The number of halogens is 1. The summed E-state index contributed by atoms with van der Waals surface area (Å²) >= 11 is 5.98. The smallest absolute Gasteiger partial charge is 0.270 e. The highest BCUT2D eigenvalue weighted by molar-refractivity contribution is 6.30. The lowest BCUT2D eigenvalue weighted by molar-refractivity contribution is 0.0728. The van der Waals surface area contributed by atoms with E-state index in [4.69, 9.17) is 16.6 Å². The Morgan fingerprint density at radius 1 is 1.13 bits per heavy atom. The van der Waals surface area contributed by atoms with Crippen molar-refractivity contribution in [1.82, 2.24) is 14.9 Å². The molecule has 5 rings (SSSR count). The number of amides is 1. The number of carbonyl (C=O) groups is 1. The summed E-state index contributed by atoms with van der Waals surface area (Å²) in [6.45, 7) is 2.82. The van der Waals surface area contributed by atoms with E-state index in [-0.39, 0.29) is 11.9 Å². The van der Waals surface area contributed by atoms with E-state index in [1.807, 2.05) is 53.6 Å². The van der Waals surface area contributed by atoms with Crippen LogP contribution < -0.4 is 0 Å². The number of hydrogen-bond acceptors (Lipinski definition) is 2. The minimum atomic E-state index is 0.0181. The maximum absolute atomic E-state index is 13.3. The van der Waals surface area contributed by atoms with Gasteiger partial charge in [-0.1, -0.05) is 41.9 Å². The Labute approximate surface area is 186 Å². The minimum absolute atomic E-state index is 0.0181. The van der Waals surface area contributed by atoms with Crippen molar-refractivity contribution in [2.24, 2.45) is 0 Å². The van der Waals surface area contributed by atoms with Gasteiger partial charge in [0.05, 0.1) is 11.7 Å². The molecule has 0 saturated carbocycles. The van der Waals surface area contributed by atoms with Crippen LogP contribution >= 0.6 is 11.6 Å². The molecule has 0 unspecified atom stereocenters. The predicted molar refractivity (Wildman–Crippen MR) is 125 cm³/mol. The van der Waals surface area contributed by atoms with E-state index in [0.717, 1.165) is 53.0 Å². The summed E-state index contributed by atoms with van der Waals surface area (Å²) in [7, 11) is 0. The molecule has 1 atom stereocenters. The van der Waals surface area contributed by atoms with Crippen LogP contribution in [0.15, 0.2) is 66.9 Å². The normalized spacial score (nSPS) is 16.2. The first-order valence-electron chi connectivity index (χ1n) is 10.7. The van der Waals surface area contributed by atoms with Gasteiger partial charge in [-0.3, -0.25) is 9.78 Å². The Morgan fingerprint density at radius 3 is 2.68 bits per heavy atom. The number of H-pyrrole nitrogens is 1. The van der Waals surface area contributed by atoms with Gasteiger partial charge in [-0.05, 0) is 73.2 Å². The predicted octanol–water partition coefficient (Wildman–Crippen LogP) is 6.09. The Balaban J connectivity index is 1.35. The van der Waals surface area contributed by atoms with Crippen molar-refractivity contribution in [2.75, 3.05) is 6.54 Å². The van der Waals surface area contributed by atoms with E-state index < -0.39 is 0 Å². The van der Waals surface area contributed by atoms with Crippen molar-refractivity contribution in [1.29, 1.82) is 0 Å². The lowest BCUT2D eigenvalue weighted by Gasteiger charge is -2.24. The highest BCUT2D eigenvalue weighted by Crippen LogP contribution is 2.33. The zero-order valence-electron chi connectivity index (χ0n) is 17.4. The van der Waals surface area contributed by atoms with Crippen molar-refractivity contribution >= 4 is 28.4 Å². The van der Waals surface area contributed by atoms with Crippen LogP contribution in [0.3, 0.4) is 0 Å². The van der Waals surface area contributed by atoms with Gasteiger partial charge in [-0.25, -0.2) is 0 Å². The first kappa shape index (κ1) is 19.8. The SMILES string of the molecule is Cc1cccc2[nH]c(C(=O)N3CCC[C@@H]3c3ccc(Cc4ccc(Cl)cc4)cn3)cc12. The maximum Gasteiger partial charge on any atom is 0.270 e. The molecule has 1 fully saturated rings. The number of fused-ring (bicyclic) bond motifs is 1. The lowest BCUT2D eigenvalue weighted by atomic mass is 10.0. The Kier molecular flexibility index (Phi) is 5.24. The standard InChI is InChI=1S/C26H24ClN3O/c1-17-4-2-5-22-21(17)15-24(29-22)26(31)30-13-3-6-25(30)23-12-9-19(16-28-23)14-18-7-10-20(27)11-8-18/h2,4-5,7-12,15-16,25,29H,3,6,13-14H2,1H3/t25-/m1/s1. The second-order valence-electron chi connectivity index (χ2n) is 8.27. The average Bonchev–Trinajstić information content (AvgIpc) is 3.44. The van der Waals surface area contributed by atoms with E-state index >= 15 is 0 Å². The van der Waals surface area contributed by atoms with Gasteiger partial charge < -0.3 is 9.88 Å². The fourth-order valence-electron chi connectivity index (χ4n) is 4.47. The fraction of sp³-hybridized carbons (Fsp3) is 0.231. The topological polar surface area (TPSA) is 49.0 Å². The first-order valence-corrected chi connectivity index (χ1v) is 11.0. The van der Waals surface area contributed by atoms with Crippen LogP contribution in [0.1, 0.15) is 51.8 Å². The van der Waals surface area contributed by atoms with Gasteiger partial charge in [0.1, 0.15) is 5.69 Å². The van der Waals surface area contributed by atoms with Crippen LogP contribution in [0.25, 0.3) is 10.9 Å². The summed E-state index contributed by atoms with van der Waals surface area (Å²) in [5.74, 6) is 0.0464. The molecule has 2 aromatic heterocycles. The third-order valence-electron chi connectivity index (χ3n) is 6.14. The second kappa shape index (κ2) is 8.20. The minimum Gasteiger partial charge on any atom is -0.351 e. The van der Waals surface area contributed by atoms with Crippen LogP contribution in [-0.4, -0.2) is 27.3 Å². The molecule has 31 heavy (non-hydrogen) atoms. The van der Waals surface area contributed by atoms with E-state index in [1.54, 1.807) is 0 Å². The summed E-state index contributed by atoms with van der Waals surface area (Å²) in [6.07, 6.45) is 4.67. The number of likely N-dealkylation sites (tertiary alicyclic amines) is 1. The fourth-order valence-corrected chi connectivity index (χ4v) is 4.60. The van der Waals surface area contributed by atoms with Gasteiger partial charge in [0, 0.05) is 28.7 Å². The molecule has 0 aliphatic carbocycles. The van der Waals surface area contributed by atoms with Gasteiger partial charge in [0.2, 0.25) is 0 Å². The number of aromatic amines is 1. The van der Waals surface area contributed by atoms with Gasteiger partial charge in [0.15, 0.2) is 0 Å². The average molecular weight is 430 g/mol. The molecule has 1 aliphatic rings. The number of benzene rings is 2.